The van der Waals surface area contributed by atoms with E-state index in [4.69, 9.17) is 0 Å². The molecule has 0 saturated heterocycles. The van der Waals surface area contributed by atoms with Crippen LogP contribution < -0.4 is 5.32 Å². The fourth-order valence-electron chi connectivity index (χ4n) is 0.726. The highest BCUT2D eigenvalue weighted by Gasteiger charge is 1.96. The quantitative estimate of drug-likeness (QED) is 0.653. The molecule has 0 aliphatic heterocycles. The van der Waals surface area contributed by atoms with Crippen molar-refractivity contribution in [3.63, 3.8) is 0 Å². The summed E-state index contributed by atoms with van der Waals surface area (Å²) in [5.41, 5.74) is 0. The largest absolute Gasteiger partial charge is 0.359 e. The summed E-state index contributed by atoms with van der Waals surface area (Å²) >= 11 is 0. The molecule has 0 atom stereocenters. The van der Waals surface area contributed by atoms with E-state index in [1.54, 1.807) is 19.6 Å². The van der Waals surface area contributed by atoms with Gasteiger partial charge in [-0.1, -0.05) is 0 Å². The molecule has 0 bridgehead atoms. The predicted molar refractivity (Wildman–Crippen MR) is 39.7 cm³/mol. The number of amides is 1. The number of aromatic nitrogens is 2. The second-order valence-electron chi connectivity index (χ2n) is 2.16. The molecule has 0 spiro atoms. The molecule has 0 aromatic carbocycles. The molecule has 1 radical (unpaired) electrons. The standard InChI is InChI=1S/C7H10N3O/c1-8-7(11)2-4-10-5-3-9-6-10/h5-6H,2,4H2,1H3,(H,8,11). The van der Waals surface area contributed by atoms with Crippen LogP contribution in [0.4, 0.5) is 0 Å². The summed E-state index contributed by atoms with van der Waals surface area (Å²) in [7, 11) is 1.63. The highest BCUT2D eigenvalue weighted by molar-refractivity contribution is 5.75. The molecule has 59 valence electrons. The van der Waals surface area contributed by atoms with Gasteiger partial charge in [-0.05, 0) is 0 Å². The van der Waals surface area contributed by atoms with Gasteiger partial charge in [0.1, 0.15) is 6.20 Å². The molecule has 1 aromatic rings. The number of hydrogen-bond donors (Lipinski definition) is 1. The molecule has 1 amide bonds. The van der Waals surface area contributed by atoms with Gasteiger partial charge < -0.3 is 9.88 Å². The van der Waals surface area contributed by atoms with Gasteiger partial charge in [0.05, 0.1) is 6.33 Å². The Bertz CT molecular complexity index is 218. The summed E-state index contributed by atoms with van der Waals surface area (Å²) in [5, 5.41) is 2.54. The Morgan fingerprint density at radius 1 is 1.82 bits per heavy atom. The van der Waals surface area contributed by atoms with Crippen LogP contribution in [0.5, 0.6) is 0 Å². The molecule has 0 aliphatic rings. The van der Waals surface area contributed by atoms with Crippen LogP contribution in [0.2, 0.25) is 0 Å². The molecule has 1 rings (SSSR count). The lowest BCUT2D eigenvalue weighted by Gasteiger charge is -1.99. The lowest BCUT2D eigenvalue weighted by molar-refractivity contribution is -0.120. The van der Waals surface area contributed by atoms with Gasteiger partial charge in [-0.2, -0.15) is 0 Å². The van der Waals surface area contributed by atoms with E-state index in [0.29, 0.717) is 13.0 Å². The number of rotatable bonds is 3. The molecule has 0 fully saturated rings. The summed E-state index contributed by atoms with van der Waals surface area (Å²) < 4.78 is 1.81. The fraction of sp³-hybridized carbons (Fsp3) is 0.429. The van der Waals surface area contributed by atoms with Crippen LogP contribution in [-0.2, 0) is 11.3 Å². The van der Waals surface area contributed by atoms with E-state index in [1.807, 2.05) is 4.57 Å². The minimum Gasteiger partial charge on any atom is -0.359 e. The number of carbonyl (C=O) groups excluding carboxylic acids is 1. The Labute approximate surface area is 65.2 Å². The third kappa shape index (κ3) is 2.41. The second-order valence-corrected chi connectivity index (χ2v) is 2.16. The van der Waals surface area contributed by atoms with Gasteiger partial charge in [0, 0.05) is 26.2 Å². The first kappa shape index (κ1) is 7.78. The van der Waals surface area contributed by atoms with Crippen molar-refractivity contribution in [1.82, 2.24) is 14.9 Å². The van der Waals surface area contributed by atoms with Crippen LogP contribution in [0.15, 0.2) is 12.5 Å². The van der Waals surface area contributed by atoms with Gasteiger partial charge in [0.25, 0.3) is 0 Å². The van der Waals surface area contributed by atoms with Crippen LogP contribution in [-0.4, -0.2) is 22.5 Å². The Hall–Kier alpha value is -1.32. The van der Waals surface area contributed by atoms with Crippen molar-refractivity contribution >= 4 is 5.91 Å². The number of hydrogen-bond acceptors (Lipinski definition) is 2. The first-order valence-electron chi connectivity index (χ1n) is 3.41. The SMILES string of the molecule is CNC(=O)CCn1c[c]nc1. The van der Waals surface area contributed by atoms with E-state index in [0.717, 1.165) is 0 Å². The average Bonchev–Trinajstić information content (AvgIpc) is 2.52. The molecule has 1 heterocycles. The van der Waals surface area contributed by atoms with E-state index >= 15 is 0 Å². The number of nitrogens with one attached hydrogen (secondary N) is 1. The first-order chi connectivity index (χ1) is 5.33. The molecule has 0 unspecified atom stereocenters. The van der Waals surface area contributed by atoms with E-state index < -0.39 is 0 Å². The van der Waals surface area contributed by atoms with Crippen LogP contribution in [0.25, 0.3) is 0 Å². The summed E-state index contributed by atoms with van der Waals surface area (Å²) in [4.78, 5) is 14.5. The van der Waals surface area contributed by atoms with E-state index in [1.165, 1.54) is 0 Å². The van der Waals surface area contributed by atoms with Crippen molar-refractivity contribution in [2.45, 2.75) is 13.0 Å². The minimum absolute atomic E-state index is 0.0405. The third-order valence-electron chi connectivity index (χ3n) is 1.38. The number of carbonyl (C=O) groups is 1. The average molecular weight is 152 g/mol. The second kappa shape index (κ2) is 3.75. The maximum atomic E-state index is 10.8. The summed E-state index contributed by atoms with van der Waals surface area (Å²) in [6, 6.07) is 0. The van der Waals surface area contributed by atoms with E-state index in [-0.39, 0.29) is 5.91 Å². The summed E-state index contributed by atoms with van der Waals surface area (Å²) in [5.74, 6) is 0.0405. The molecule has 11 heavy (non-hydrogen) atoms. The Kier molecular flexibility index (Phi) is 2.66. The van der Waals surface area contributed by atoms with Gasteiger partial charge in [-0.15, -0.1) is 0 Å². The maximum Gasteiger partial charge on any atom is 0.221 e. The van der Waals surface area contributed by atoms with Gasteiger partial charge in [-0.25, -0.2) is 4.98 Å². The molecule has 1 aromatic heterocycles. The maximum absolute atomic E-state index is 10.8. The lowest BCUT2D eigenvalue weighted by atomic mass is 10.4. The minimum atomic E-state index is 0.0405. The van der Waals surface area contributed by atoms with Crippen molar-refractivity contribution in [3.8, 4) is 0 Å². The number of nitrogens with zero attached hydrogens (tertiary/aromatic N) is 2. The predicted octanol–water partition coefficient (Wildman–Crippen LogP) is -0.181. The monoisotopic (exact) mass is 152 g/mol. The lowest BCUT2D eigenvalue weighted by Crippen LogP contribution is -2.19. The number of aryl methyl sites for hydroxylation is 1. The van der Waals surface area contributed by atoms with Gasteiger partial charge >= 0.3 is 0 Å². The zero-order valence-electron chi connectivity index (χ0n) is 6.37. The third-order valence-corrected chi connectivity index (χ3v) is 1.38. The molecule has 0 aliphatic carbocycles. The zero-order chi connectivity index (χ0) is 8.10. The highest BCUT2D eigenvalue weighted by Crippen LogP contribution is 1.88. The van der Waals surface area contributed by atoms with Crippen molar-refractivity contribution in [2.75, 3.05) is 7.05 Å². The molecular formula is C7H10N3O. The molecular weight excluding hydrogens is 142 g/mol. The smallest absolute Gasteiger partial charge is 0.221 e. The zero-order valence-corrected chi connectivity index (χ0v) is 6.37. The van der Waals surface area contributed by atoms with Crippen LogP contribution in [0, 0.1) is 6.20 Å². The van der Waals surface area contributed by atoms with E-state index in [9.17, 15) is 4.79 Å². The van der Waals surface area contributed by atoms with Crippen molar-refractivity contribution in [2.24, 2.45) is 0 Å². The normalized spacial score (nSPS) is 9.55. The van der Waals surface area contributed by atoms with Crippen molar-refractivity contribution in [1.29, 1.82) is 0 Å². The van der Waals surface area contributed by atoms with Crippen molar-refractivity contribution < 1.29 is 4.79 Å². The van der Waals surface area contributed by atoms with Gasteiger partial charge in [0.15, 0.2) is 0 Å². The summed E-state index contributed by atoms with van der Waals surface area (Å²) in [6.45, 7) is 0.663. The van der Waals surface area contributed by atoms with Gasteiger partial charge in [0.2, 0.25) is 5.91 Å². The van der Waals surface area contributed by atoms with Crippen molar-refractivity contribution in [3.05, 3.63) is 18.7 Å². The molecule has 0 saturated carbocycles. The van der Waals surface area contributed by atoms with Crippen LogP contribution in [0.3, 0.4) is 0 Å². The van der Waals surface area contributed by atoms with E-state index in [2.05, 4.69) is 16.5 Å². The molecule has 1 N–H and O–H groups in total. The van der Waals surface area contributed by atoms with Crippen LogP contribution in [0.1, 0.15) is 6.42 Å². The number of imidazole rings is 1. The van der Waals surface area contributed by atoms with Crippen LogP contribution >= 0.6 is 0 Å². The topological polar surface area (TPSA) is 46.9 Å². The molecule has 4 nitrogen and oxygen atoms in total. The first-order valence-corrected chi connectivity index (χ1v) is 3.41. The Balaban J connectivity index is 2.29. The Morgan fingerprint density at radius 3 is 3.18 bits per heavy atom. The summed E-state index contributed by atoms with van der Waals surface area (Å²) in [6.07, 6.45) is 6.49. The fourth-order valence-corrected chi connectivity index (χ4v) is 0.726. The highest BCUT2D eigenvalue weighted by atomic mass is 16.1. The van der Waals surface area contributed by atoms with Gasteiger partial charge in [-0.3, -0.25) is 4.79 Å². The Morgan fingerprint density at radius 2 is 2.64 bits per heavy atom. The molecule has 4 heteroatoms.